The molecule has 3 aliphatic rings. The van der Waals surface area contributed by atoms with Crippen LogP contribution in [0.2, 0.25) is 0 Å². The molecule has 2 fully saturated rings. The number of carbonyl (C=O) groups excluding carboxylic acids is 1. The lowest BCUT2D eigenvalue weighted by Gasteiger charge is -2.48. The standard InChI is InChI=1S/C19H23NO4/c1-19-10-9-12-11-5-7-16(24-2)18(20(22)23)14(11)4-3-13(12)15(19)6-8-17(19)21/h5,7,12-13,15H,3-4,6,8-10H2,1-2H3/t12-,13-,15-,19+/m0/s1. The quantitative estimate of drug-likeness (QED) is 0.607. The second-order valence-electron chi connectivity index (χ2n) is 7.77. The second kappa shape index (κ2) is 5.30. The summed E-state index contributed by atoms with van der Waals surface area (Å²) in [5.41, 5.74) is 1.97. The van der Waals surface area contributed by atoms with Crippen molar-refractivity contribution in [3.63, 3.8) is 0 Å². The molecule has 2 saturated carbocycles. The maximum atomic E-state index is 12.4. The zero-order valence-corrected chi connectivity index (χ0v) is 14.2. The molecule has 1 aromatic rings. The van der Waals surface area contributed by atoms with Crippen LogP contribution in [0.3, 0.4) is 0 Å². The van der Waals surface area contributed by atoms with E-state index in [2.05, 4.69) is 6.92 Å². The number of rotatable bonds is 2. The van der Waals surface area contributed by atoms with Gasteiger partial charge < -0.3 is 4.74 Å². The first kappa shape index (κ1) is 15.6. The van der Waals surface area contributed by atoms with Crippen LogP contribution in [0.1, 0.15) is 56.1 Å². The minimum atomic E-state index is -0.302. The van der Waals surface area contributed by atoms with Crippen molar-refractivity contribution in [2.45, 2.75) is 51.4 Å². The van der Waals surface area contributed by atoms with E-state index in [0.717, 1.165) is 36.8 Å². The molecule has 24 heavy (non-hydrogen) atoms. The normalized spacial score (nSPS) is 34.2. The minimum absolute atomic E-state index is 0.143. The van der Waals surface area contributed by atoms with Crippen molar-refractivity contribution in [1.82, 2.24) is 0 Å². The van der Waals surface area contributed by atoms with E-state index in [1.54, 1.807) is 6.07 Å². The predicted molar refractivity (Wildman–Crippen MR) is 89.3 cm³/mol. The lowest BCUT2D eigenvalue weighted by Crippen LogP contribution is -2.42. The Balaban J connectivity index is 1.77. The summed E-state index contributed by atoms with van der Waals surface area (Å²) in [6.45, 7) is 2.15. The van der Waals surface area contributed by atoms with E-state index in [4.69, 9.17) is 4.74 Å². The summed E-state index contributed by atoms with van der Waals surface area (Å²) in [6, 6.07) is 3.77. The highest BCUT2D eigenvalue weighted by Gasteiger charge is 2.55. The average molecular weight is 329 g/mol. The van der Waals surface area contributed by atoms with Gasteiger partial charge in [-0.15, -0.1) is 0 Å². The van der Waals surface area contributed by atoms with Crippen LogP contribution in [0.5, 0.6) is 5.75 Å². The topological polar surface area (TPSA) is 69.4 Å². The van der Waals surface area contributed by atoms with E-state index in [9.17, 15) is 14.9 Å². The van der Waals surface area contributed by atoms with Gasteiger partial charge >= 0.3 is 5.69 Å². The van der Waals surface area contributed by atoms with Gasteiger partial charge in [0.15, 0.2) is 5.75 Å². The van der Waals surface area contributed by atoms with Gasteiger partial charge in [0.2, 0.25) is 0 Å². The molecule has 5 heteroatoms. The minimum Gasteiger partial charge on any atom is -0.490 e. The molecule has 0 saturated heterocycles. The van der Waals surface area contributed by atoms with Gasteiger partial charge in [0.05, 0.1) is 12.0 Å². The molecule has 4 rings (SSSR count). The number of benzene rings is 1. The Hall–Kier alpha value is -1.91. The number of nitrogens with zero attached hydrogens (tertiary/aromatic N) is 1. The summed E-state index contributed by atoms with van der Waals surface area (Å²) >= 11 is 0. The number of fused-ring (bicyclic) bond motifs is 5. The smallest absolute Gasteiger partial charge is 0.314 e. The molecule has 0 aromatic heterocycles. The van der Waals surface area contributed by atoms with Crippen molar-refractivity contribution < 1.29 is 14.5 Å². The van der Waals surface area contributed by atoms with Gasteiger partial charge in [0.25, 0.3) is 0 Å². The SMILES string of the molecule is COc1ccc2c(c1[N+](=O)[O-])CC[C@H]1[C@H]2CC[C@@]2(C)C(=O)CC[C@@H]12. The van der Waals surface area contributed by atoms with Crippen LogP contribution in [0.25, 0.3) is 0 Å². The first-order valence-corrected chi connectivity index (χ1v) is 8.85. The molecule has 4 atom stereocenters. The van der Waals surface area contributed by atoms with Crippen molar-refractivity contribution in [2.24, 2.45) is 17.3 Å². The second-order valence-corrected chi connectivity index (χ2v) is 7.77. The zero-order valence-electron chi connectivity index (χ0n) is 14.2. The van der Waals surface area contributed by atoms with E-state index in [1.807, 2.05) is 6.07 Å². The molecule has 0 unspecified atom stereocenters. The van der Waals surface area contributed by atoms with Crippen LogP contribution in [0, 0.1) is 27.4 Å². The maximum Gasteiger partial charge on any atom is 0.314 e. The van der Waals surface area contributed by atoms with Gasteiger partial charge in [0.1, 0.15) is 5.78 Å². The van der Waals surface area contributed by atoms with Crippen molar-refractivity contribution >= 4 is 11.5 Å². The Labute approximate surface area is 141 Å². The van der Waals surface area contributed by atoms with Crippen LogP contribution in [-0.2, 0) is 11.2 Å². The zero-order chi connectivity index (χ0) is 17.1. The number of hydrogen-bond acceptors (Lipinski definition) is 4. The highest BCUT2D eigenvalue weighted by Crippen LogP contribution is 2.60. The maximum absolute atomic E-state index is 12.4. The third kappa shape index (κ3) is 1.96. The van der Waals surface area contributed by atoms with Crippen molar-refractivity contribution in [2.75, 3.05) is 7.11 Å². The van der Waals surface area contributed by atoms with Gasteiger partial charge in [-0.3, -0.25) is 14.9 Å². The Kier molecular flexibility index (Phi) is 3.44. The molecule has 5 nitrogen and oxygen atoms in total. The van der Waals surface area contributed by atoms with E-state index >= 15 is 0 Å². The predicted octanol–water partition coefficient (Wildman–Crippen LogP) is 4.03. The summed E-state index contributed by atoms with van der Waals surface area (Å²) in [7, 11) is 1.48. The van der Waals surface area contributed by atoms with Gasteiger partial charge in [-0.25, -0.2) is 0 Å². The van der Waals surface area contributed by atoms with Crippen molar-refractivity contribution in [1.29, 1.82) is 0 Å². The highest BCUT2D eigenvalue weighted by molar-refractivity contribution is 5.87. The lowest BCUT2D eigenvalue weighted by atomic mass is 9.55. The van der Waals surface area contributed by atoms with Gasteiger partial charge in [-0.05, 0) is 61.5 Å². The molecule has 0 aliphatic heterocycles. The summed E-state index contributed by atoms with van der Waals surface area (Å²) in [5.74, 6) is 2.06. The van der Waals surface area contributed by atoms with Crippen LogP contribution in [0.15, 0.2) is 12.1 Å². The molecule has 0 N–H and O–H groups in total. The lowest BCUT2D eigenvalue weighted by molar-refractivity contribution is -0.386. The summed E-state index contributed by atoms with van der Waals surface area (Å²) in [6.07, 6.45) is 5.23. The van der Waals surface area contributed by atoms with Crippen LogP contribution in [0.4, 0.5) is 5.69 Å². The number of nitro benzene ring substituents is 1. The Bertz CT molecular complexity index is 728. The first-order valence-electron chi connectivity index (χ1n) is 8.85. The summed E-state index contributed by atoms with van der Waals surface area (Å²) < 4.78 is 5.22. The number of Topliss-reactive ketones (excluding diaryl/α,β-unsaturated/α-hetero) is 1. The van der Waals surface area contributed by atoms with Crippen LogP contribution in [-0.4, -0.2) is 17.8 Å². The first-order chi connectivity index (χ1) is 11.5. The molecular formula is C19H23NO4. The van der Waals surface area contributed by atoms with Gasteiger partial charge in [0, 0.05) is 17.4 Å². The third-order valence-electron chi connectivity index (χ3n) is 6.96. The fraction of sp³-hybridized carbons (Fsp3) is 0.632. The molecule has 0 heterocycles. The number of ketones is 1. The number of nitro groups is 1. The monoisotopic (exact) mass is 329 g/mol. The fourth-order valence-electron chi connectivity index (χ4n) is 5.76. The fourth-order valence-corrected chi connectivity index (χ4v) is 5.76. The Morgan fingerprint density at radius 1 is 1.25 bits per heavy atom. The van der Waals surface area contributed by atoms with E-state index in [-0.39, 0.29) is 16.0 Å². The number of methoxy groups -OCH3 is 1. The molecular weight excluding hydrogens is 306 g/mol. The largest absolute Gasteiger partial charge is 0.490 e. The van der Waals surface area contributed by atoms with Crippen molar-refractivity contribution in [3.05, 3.63) is 33.4 Å². The van der Waals surface area contributed by atoms with Crippen LogP contribution < -0.4 is 4.74 Å². The molecule has 0 amide bonds. The summed E-state index contributed by atoms with van der Waals surface area (Å²) in [4.78, 5) is 23.6. The van der Waals surface area contributed by atoms with E-state index < -0.39 is 0 Å². The number of ether oxygens (including phenoxy) is 1. The molecule has 0 spiro atoms. The van der Waals surface area contributed by atoms with E-state index in [0.29, 0.717) is 42.1 Å². The van der Waals surface area contributed by atoms with Gasteiger partial charge in [-0.2, -0.15) is 0 Å². The number of carbonyl (C=O) groups is 1. The Morgan fingerprint density at radius 3 is 2.75 bits per heavy atom. The van der Waals surface area contributed by atoms with Crippen molar-refractivity contribution in [3.8, 4) is 5.75 Å². The third-order valence-corrected chi connectivity index (χ3v) is 6.96. The number of hydrogen-bond donors (Lipinski definition) is 0. The molecule has 0 radical (unpaired) electrons. The molecule has 128 valence electrons. The van der Waals surface area contributed by atoms with Gasteiger partial charge in [-0.1, -0.05) is 13.0 Å². The molecule has 3 aliphatic carbocycles. The average Bonchev–Trinajstić information content (AvgIpc) is 2.88. The summed E-state index contributed by atoms with van der Waals surface area (Å²) in [5, 5.41) is 11.6. The van der Waals surface area contributed by atoms with E-state index in [1.165, 1.54) is 7.11 Å². The molecule has 1 aromatic carbocycles. The highest BCUT2D eigenvalue weighted by atomic mass is 16.6. The van der Waals surface area contributed by atoms with Crippen LogP contribution >= 0.6 is 0 Å². The molecule has 0 bridgehead atoms. The Morgan fingerprint density at radius 2 is 2.04 bits per heavy atom.